The SMILES string of the molecule is CCN(C(=O)Cc1csc2nc(-c3ccc(Cl)cc3)cn12)c1ccccc1. The van der Waals surface area contributed by atoms with Gasteiger partial charge in [-0.05, 0) is 31.2 Å². The van der Waals surface area contributed by atoms with Gasteiger partial charge in [0.2, 0.25) is 5.91 Å². The van der Waals surface area contributed by atoms with Gasteiger partial charge >= 0.3 is 0 Å². The van der Waals surface area contributed by atoms with Crippen LogP contribution in [0.25, 0.3) is 16.2 Å². The number of nitrogens with zero attached hydrogens (tertiary/aromatic N) is 3. The Morgan fingerprint density at radius 2 is 1.89 bits per heavy atom. The molecule has 4 rings (SSSR count). The molecule has 2 aromatic carbocycles. The first-order valence-corrected chi connectivity index (χ1v) is 9.98. The maximum atomic E-state index is 12.9. The van der Waals surface area contributed by atoms with Crippen LogP contribution in [0.3, 0.4) is 0 Å². The number of fused-ring (bicyclic) bond motifs is 1. The van der Waals surface area contributed by atoms with Gasteiger partial charge in [-0.15, -0.1) is 11.3 Å². The number of amides is 1. The number of imidazole rings is 1. The van der Waals surface area contributed by atoms with Gasteiger partial charge in [0, 0.05) is 40.1 Å². The van der Waals surface area contributed by atoms with E-state index in [-0.39, 0.29) is 5.91 Å². The van der Waals surface area contributed by atoms with Crippen molar-refractivity contribution in [2.45, 2.75) is 13.3 Å². The summed E-state index contributed by atoms with van der Waals surface area (Å²) in [5, 5.41) is 2.71. The van der Waals surface area contributed by atoms with E-state index >= 15 is 0 Å². The number of rotatable bonds is 5. The molecular formula is C21H18ClN3OS. The Labute approximate surface area is 166 Å². The molecule has 0 fully saturated rings. The highest BCUT2D eigenvalue weighted by atomic mass is 35.5. The van der Waals surface area contributed by atoms with Crippen molar-refractivity contribution >= 4 is 39.5 Å². The number of hydrogen-bond donors (Lipinski definition) is 0. The van der Waals surface area contributed by atoms with Crippen LogP contribution in [-0.4, -0.2) is 21.8 Å². The zero-order valence-corrected chi connectivity index (χ0v) is 16.4. The van der Waals surface area contributed by atoms with Crippen LogP contribution in [0.2, 0.25) is 5.02 Å². The Balaban J connectivity index is 1.60. The molecule has 0 aliphatic carbocycles. The number of likely N-dealkylation sites (N-methyl/N-ethyl adjacent to an activating group) is 1. The number of hydrogen-bond acceptors (Lipinski definition) is 3. The molecule has 0 bridgehead atoms. The molecule has 2 aromatic heterocycles. The second-order valence-corrected chi connectivity index (χ2v) is 7.44. The fourth-order valence-electron chi connectivity index (χ4n) is 3.08. The van der Waals surface area contributed by atoms with Crippen molar-refractivity contribution in [2.75, 3.05) is 11.4 Å². The third-order valence-corrected chi connectivity index (χ3v) is 5.58. The fraction of sp³-hybridized carbons (Fsp3) is 0.143. The summed E-state index contributed by atoms with van der Waals surface area (Å²) < 4.78 is 2.01. The third-order valence-electron chi connectivity index (χ3n) is 4.44. The van der Waals surface area contributed by atoms with E-state index in [1.165, 1.54) is 0 Å². The zero-order chi connectivity index (χ0) is 18.8. The van der Waals surface area contributed by atoms with E-state index in [1.807, 2.05) is 77.5 Å². The highest BCUT2D eigenvalue weighted by molar-refractivity contribution is 7.15. The van der Waals surface area contributed by atoms with E-state index in [4.69, 9.17) is 11.6 Å². The van der Waals surface area contributed by atoms with Gasteiger partial charge in [-0.2, -0.15) is 0 Å². The second kappa shape index (κ2) is 7.55. The molecule has 0 spiro atoms. The van der Waals surface area contributed by atoms with E-state index in [9.17, 15) is 4.79 Å². The highest BCUT2D eigenvalue weighted by Gasteiger charge is 2.17. The number of para-hydroxylation sites is 1. The molecule has 4 aromatic rings. The van der Waals surface area contributed by atoms with Gasteiger partial charge in [0.1, 0.15) is 0 Å². The standard InChI is InChI=1S/C21H18ClN3OS/c1-2-24(17-6-4-3-5-7-17)20(26)12-18-14-27-21-23-19(13-25(18)21)15-8-10-16(22)11-9-15/h3-11,13-14H,2,12H2,1H3. The summed E-state index contributed by atoms with van der Waals surface area (Å²) in [5.41, 5.74) is 3.75. The van der Waals surface area contributed by atoms with Crippen molar-refractivity contribution in [2.24, 2.45) is 0 Å². The first kappa shape index (κ1) is 17.8. The summed E-state index contributed by atoms with van der Waals surface area (Å²) in [6.07, 6.45) is 2.32. The van der Waals surface area contributed by atoms with Crippen molar-refractivity contribution in [3.63, 3.8) is 0 Å². The van der Waals surface area contributed by atoms with Crippen LogP contribution in [0, 0.1) is 0 Å². The maximum Gasteiger partial charge on any atom is 0.232 e. The molecule has 1 amide bonds. The summed E-state index contributed by atoms with van der Waals surface area (Å²) in [5.74, 6) is 0.0742. The monoisotopic (exact) mass is 395 g/mol. The fourth-order valence-corrected chi connectivity index (χ4v) is 4.08. The highest BCUT2D eigenvalue weighted by Crippen LogP contribution is 2.25. The molecule has 27 heavy (non-hydrogen) atoms. The summed E-state index contributed by atoms with van der Waals surface area (Å²) in [6.45, 7) is 2.63. The van der Waals surface area contributed by atoms with E-state index in [0.29, 0.717) is 18.0 Å². The molecule has 2 heterocycles. The lowest BCUT2D eigenvalue weighted by Crippen LogP contribution is -2.32. The van der Waals surface area contributed by atoms with Gasteiger partial charge in [-0.25, -0.2) is 4.98 Å². The Bertz CT molecular complexity index is 1070. The van der Waals surface area contributed by atoms with Crippen molar-refractivity contribution in [3.8, 4) is 11.3 Å². The van der Waals surface area contributed by atoms with Crippen LogP contribution < -0.4 is 4.90 Å². The quantitative estimate of drug-likeness (QED) is 0.459. The topological polar surface area (TPSA) is 37.6 Å². The molecule has 0 saturated heterocycles. The normalized spacial score (nSPS) is 11.0. The lowest BCUT2D eigenvalue weighted by molar-refractivity contribution is -0.118. The second-order valence-electron chi connectivity index (χ2n) is 6.16. The Morgan fingerprint density at radius 1 is 1.15 bits per heavy atom. The average molecular weight is 396 g/mol. The Morgan fingerprint density at radius 3 is 2.59 bits per heavy atom. The summed E-state index contributed by atoms with van der Waals surface area (Å²) >= 11 is 7.51. The molecule has 0 unspecified atom stereocenters. The molecule has 0 aliphatic rings. The number of thiazole rings is 1. The molecule has 0 N–H and O–H groups in total. The third kappa shape index (κ3) is 3.61. The molecule has 0 radical (unpaired) electrons. The minimum absolute atomic E-state index is 0.0742. The van der Waals surface area contributed by atoms with Crippen molar-refractivity contribution in [1.29, 1.82) is 0 Å². The maximum absolute atomic E-state index is 12.9. The van der Waals surface area contributed by atoms with Gasteiger partial charge in [0.15, 0.2) is 4.96 Å². The summed E-state index contributed by atoms with van der Waals surface area (Å²) in [7, 11) is 0. The van der Waals surface area contributed by atoms with E-state index in [0.717, 1.165) is 27.6 Å². The number of carbonyl (C=O) groups is 1. The van der Waals surface area contributed by atoms with E-state index < -0.39 is 0 Å². The molecule has 4 nitrogen and oxygen atoms in total. The van der Waals surface area contributed by atoms with Crippen molar-refractivity contribution in [3.05, 3.63) is 76.9 Å². The lowest BCUT2D eigenvalue weighted by atomic mass is 10.2. The molecule has 0 aliphatic heterocycles. The van der Waals surface area contributed by atoms with Crippen LogP contribution in [0.1, 0.15) is 12.6 Å². The number of halogens is 1. The summed E-state index contributed by atoms with van der Waals surface area (Å²) in [4.78, 5) is 20.2. The first-order chi connectivity index (χ1) is 13.2. The number of aromatic nitrogens is 2. The lowest BCUT2D eigenvalue weighted by Gasteiger charge is -2.20. The van der Waals surface area contributed by atoms with Crippen molar-refractivity contribution < 1.29 is 4.79 Å². The predicted molar refractivity (Wildman–Crippen MR) is 112 cm³/mol. The molecule has 6 heteroatoms. The zero-order valence-electron chi connectivity index (χ0n) is 14.8. The predicted octanol–water partition coefficient (Wildman–Crippen LogP) is 5.31. The van der Waals surface area contributed by atoms with Gasteiger partial charge < -0.3 is 4.90 Å². The van der Waals surface area contributed by atoms with Gasteiger partial charge in [0.25, 0.3) is 0 Å². The molecule has 0 atom stereocenters. The van der Waals surface area contributed by atoms with Crippen molar-refractivity contribution in [1.82, 2.24) is 9.38 Å². The van der Waals surface area contributed by atoms with Crippen LogP contribution in [0.5, 0.6) is 0 Å². The van der Waals surface area contributed by atoms with Crippen LogP contribution in [-0.2, 0) is 11.2 Å². The van der Waals surface area contributed by atoms with E-state index in [2.05, 4.69) is 4.98 Å². The Kier molecular flexibility index (Phi) is 4.97. The van der Waals surface area contributed by atoms with Gasteiger partial charge in [-0.1, -0.05) is 41.9 Å². The first-order valence-electron chi connectivity index (χ1n) is 8.72. The number of carbonyl (C=O) groups excluding carboxylic acids is 1. The van der Waals surface area contributed by atoms with Crippen LogP contribution in [0.15, 0.2) is 66.2 Å². The molecule has 0 saturated carbocycles. The Hall–Kier alpha value is -2.63. The largest absolute Gasteiger partial charge is 0.312 e. The number of anilines is 1. The van der Waals surface area contributed by atoms with E-state index in [1.54, 1.807) is 16.2 Å². The minimum Gasteiger partial charge on any atom is -0.312 e. The van der Waals surface area contributed by atoms with Crippen LogP contribution in [0.4, 0.5) is 5.69 Å². The molecular weight excluding hydrogens is 378 g/mol. The van der Waals surface area contributed by atoms with Gasteiger partial charge in [-0.3, -0.25) is 9.20 Å². The minimum atomic E-state index is 0.0742. The average Bonchev–Trinajstić information content (AvgIpc) is 3.26. The molecule has 136 valence electrons. The summed E-state index contributed by atoms with van der Waals surface area (Å²) in [6, 6.07) is 17.4. The number of benzene rings is 2. The smallest absolute Gasteiger partial charge is 0.232 e. The van der Waals surface area contributed by atoms with Gasteiger partial charge in [0.05, 0.1) is 12.1 Å². The van der Waals surface area contributed by atoms with Crippen LogP contribution >= 0.6 is 22.9 Å².